The Morgan fingerprint density at radius 1 is 0.582 bits per heavy atom. The number of nitrogens with zero attached hydrogens (tertiary/aromatic N) is 1. The lowest BCUT2D eigenvalue weighted by molar-refractivity contribution is -0.870. The molecular formula is C45H79NO8P+. The lowest BCUT2D eigenvalue weighted by Gasteiger charge is -2.24. The average Bonchev–Trinajstić information content (AvgIpc) is 3.13. The number of unbranched alkanes of at least 4 members (excludes halogenated alkanes) is 11. The highest BCUT2D eigenvalue weighted by molar-refractivity contribution is 7.47. The van der Waals surface area contributed by atoms with Crippen LogP contribution in [0.5, 0.6) is 0 Å². The summed E-state index contributed by atoms with van der Waals surface area (Å²) < 4.78 is 34.1. The van der Waals surface area contributed by atoms with Crippen LogP contribution >= 0.6 is 7.82 Å². The molecule has 0 radical (unpaired) electrons. The number of quaternary nitrogens is 1. The molecule has 0 aliphatic rings. The van der Waals surface area contributed by atoms with E-state index in [-0.39, 0.29) is 26.1 Å². The summed E-state index contributed by atoms with van der Waals surface area (Å²) in [6, 6.07) is 0. The van der Waals surface area contributed by atoms with E-state index in [1.54, 1.807) is 0 Å². The van der Waals surface area contributed by atoms with E-state index in [4.69, 9.17) is 18.5 Å². The number of hydrogen-bond acceptors (Lipinski definition) is 7. The van der Waals surface area contributed by atoms with E-state index in [1.165, 1.54) is 51.4 Å². The van der Waals surface area contributed by atoms with Gasteiger partial charge in [0.25, 0.3) is 0 Å². The minimum Gasteiger partial charge on any atom is -0.462 e. The Morgan fingerprint density at radius 3 is 1.51 bits per heavy atom. The molecular weight excluding hydrogens is 713 g/mol. The minimum atomic E-state index is -4.39. The summed E-state index contributed by atoms with van der Waals surface area (Å²) >= 11 is 0. The average molecular weight is 793 g/mol. The molecule has 0 saturated carbocycles. The third-order valence-corrected chi connectivity index (χ3v) is 9.50. The highest BCUT2D eigenvalue weighted by Crippen LogP contribution is 2.43. The molecule has 0 aromatic carbocycles. The van der Waals surface area contributed by atoms with Crippen molar-refractivity contribution in [3.63, 3.8) is 0 Å². The Morgan fingerprint density at radius 2 is 1.04 bits per heavy atom. The molecule has 55 heavy (non-hydrogen) atoms. The highest BCUT2D eigenvalue weighted by Gasteiger charge is 2.27. The summed E-state index contributed by atoms with van der Waals surface area (Å²) in [7, 11) is 1.43. The molecule has 1 N–H and O–H groups in total. The van der Waals surface area contributed by atoms with Crippen molar-refractivity contribution in [2.24, 2.45) is 0 Å². The fraction of sp³-hybridized carbons (Fsp3) is 0.689. The van der Waals surface area contributed by atoms with Gasteiger partial charge in [0, 0.05) is 12.8 Å². The van der Waals surface area contributed by atoms with Crippen LogP contribution in [0.4, 0.5) is 0 Å². The lowest BCUT2D eigenvalue weighted by atomic mass is 10.0. The van der Waals surface area contributed by atoms with Crippen LogP contribution in [0.25, 0.3) is 0 Å². The van der Waals surface area contributed by atoms with Crippen molar-refractivity contribution < 1.29 is 42.1 Å². The maximum Gasteiger partial charge on any atom is 0.472 e. The predicted molar refractivity (Wildman–Crippen MR) is 229 cm³/mol. The summed E-state index contributed by atoms with van der Waals surface area (Å²) in [4.78, 5) is 35.2. The van der Waals surface area contributed by atoms with E-state index in [9.17, 15) is 19.0 Å². The van der Waals surface area contributed by atoms with Crippen LogP contribution < -0.4 is 0 Å². The number of esters is 2. The van der Waals surface area contributed by atoms with Gasteiger partial charge < -0.3 is 18.9 Å². The van der Waals surface area contributed by atoms with Crippen molar-refractivity contribution in [2.75, 3.05) is 47.5 Å². The fourth-order valence-electron chi connectivity index (χ4n) is 5.21. The van der Waals surface area contributed by atoms with Gasteiger partial charge >= 0.3 is 19.8 Å². The van der Waals surface area contributed by atoms with E-state index in [0.717, 1.165) is 57.8 Å². The summed E-state index contributed by atoms with van der Waals surface area (Å²) in [6.45, 7) is 4.20. The van der Waals surface area contributed by atoms with Crippen LogP contribution in [-0.2, 0) is 32.7 Å². The Labute approximate surface area is 336 Å². The number of ether oxygens (including phenoxy) is 2. The lowest BCUT2D eigenvalue weighted by Crippen LogP contribution is -2.37. The van der Waals surface area contributed by atoms with Crippen molar-refractivity contribution in [3.8, 4) is 0 Å². The molecule has 0 amide bonds. The van der Waals surface area contributed by atoms with Crippen LogP contribution in [0, 0.1) is 0 Å². The van der Waals surface area contributed by atoms with Crippen molar-refractivity contribution in [1.82, 2.24) is 0 Å². The molecule has 0 rings (SSSR count). The molecule has 0 spiro atoms. The molecule has 0 fully saturated rings. The zero-order chi connectivity index (χ0) is 40.7. The number of rotatable bonds is 37. The first kappa shape index (κ1) is 52.5. The van der Waals surface area contributed by atoms with Gasteiger partial charge in [-0.15, -0.1) is 0 Å². The molecule has 0 aliphatic heterocycles. The number of phosphoric ester groups is 1. The highest BCUT2D eigenvalue weighted by atomic mass is 31.2. The first-order valence-electron chi connectivity index (χ1n) is 21.2. The van der Waals surface area contributed by atoms with Gasteiger partial charge in [-0.2, -0.15) is 0 Å². The largest absolute Gasteiger partial charge is 0.472 e. The summed E-state index contributed by atoms with van der Waals surface area (Å²) in [6.07, 6.45) is 45.4. The van der Waals surface area contributed by atoms with Crippen LogP contribution in [0.3, 0.4) is 0 Å². The van der Waals surface area contributed by atoms with Gasteiger partial charge in [-0.25, -0.2) is 4.57 Å². The second kappa shape index (κ2) is 37.1. The van der Waals surface area contributed by atoms with Gasteiger partial charge in [0.1, 0.15) is 19.8 Å². The number of hydrogen-bond donors (Lipinski definition) is 1. The summed E-state index contributed by atoms with van der Waals surface area (Å²) in [5.41, 5.74) is 0. The van der Waals surface area contributed by atoms with Crippen molar-refractivity contribution in [3.05, 3.63) is 72.9 Å². The molecule has 316 valence electrons. The normalized spacial score (nSPS) is 14.4. The minimum absolute atomic E-state index is 0.0181. The second-order valence-electron chi connectivity index (χ2n) is 15.0. The third-order valence-electron chi connectivity index (χ3n) is 8.51. The quantitative estimate of drug-likeness (QED) is 0.0218. The maximum absolute atomic E-state index is 12.6. The van der Waals surface area contributed by atoms with Crippen LogP contribution in [0.15, 0.2) is 72.9 Å². The van der Waals surface area contributed by atoms with Gasteiger partial charge in [0.2, 0.25) is 0 Å². The zero-order valence-electron chi connectivity index (χ0n) is 35.4. The van der Waals surface area contributed by atoms with E-state index in [1.807, 2.05) is 33.3 Å². The molecule has 2 atom stereocenters. The van der Waals surface area contributed by atoms with Crippen LogP contribution in [0.2, 0.25) is 0 Å². The number of carbonyl (C=O) groups is 2. The Kier molecular flexibility index (Phi) is 35.3. The summed E-state index contributed by atoms with van der Waals surface area (Å²) in [5, 5.41) is 0. The van der Waals surface area contributed by atoms with Crippen molar-refractivity contribution >= 4 is 19.8 Å². The molecule has 9 nitrogen and oxygen atoms in total. The van der Waals surface area contributed by atoms with Gasteiger partial charge in [-0.05, 0) is 51.4 Å². The van der Waals surface area contributed by atoms with E-state index < -0.39 is 32.5 Å². The van der Waals surface area contributed by atoms with Crippen molar-refractivity contribution in [2.45, 2.75) is 155 Å². The van der Waals surface area contributed by atoms with Crippen LogP contribution in [0.1, 0.15) is 149 Å². The third kappa shape index (κ3) is 40.9. The molecule has 10 heteroatoms. The van der Waals surface area contributed by atoms with E-state index in [0.29, 0.717) is 23.9 Å². The maximum atomic E-state index is 12.6. The molecule has 0 bridgehead atoms. The first-order valence-corrected chi connectivity index (χ1v) is 22.7. The number of likely N-dealkylation sites (N-methyl/N-ethyl adjacent to an activating group) is 1. The number of phosphoric acid groups is 1. The first-order chi connectivity index (χ1) is 26.5. The Hall–Kier alpha value is -2.55. The molecule has 0 aromatic heterocycles. The fourth-order valence-corrected chi connectivity index (χ4v) is 5.96. The van der Waals surface area contributed by atoms with E-state index >= 15 is 0 Å². The van der Waals surface area contributed by atoms with Gasteiger partial charge in [-0.1, -0.05) is 157 Å². The van der Waals surface area contributed by atoms with E-state index in [2.05, 4.69) is 74.6 Å². The molecule has 0 heterocycles. The predicted octanol–water partition coefficient (Wildman–Crippen LogP) is 11.9. The van der Waals surface area contributed by atoms with Gasteiger partial charge in [0.05, 0.1) is 27.7 Å². The second-order valence-corrected chi connectivity index (χ2v) is 16.5. The van der Waals surface area contributed by atoms with Crippen LogP contribution in [-0.4, -0.2) is 74.9 Å². The number of allylic oxidation sites excluding steroid dienone is 12. The van der Waals surface area contributed by atoms with Gasteiger partial charge in [-0.3, -0.25) is 18.6 Å². The monoisotopic (exact) mass is 793 g/mol. The Bertz CT molecular complexity index is 1170. The number of carbonyl (C=O) groups excluding carboxylic acids is 2. The molecule has 0 aromatic rings. The van der Waals surface area contributed by atoms with Gasteiger partial charge in [0.15, 0.2) is 6.10 Å². The summed E-state index contributed by atoms with van der Waals surface area (Å²) in [5.74, 6) is -0.902. The SMILES string of the molecule is CC/C=C/C/C=C/C/C=C/C/C=C/C/C=C/C/C=C/CCC(=O)OC[C@@H](COP(=O)(O)OCC[N+](C)(C)C)OC(=O)CCCCCCCCCCCCCC. The smallest absolute Gasteiger partial charge is 0.462 e. The van der Waals surface area contributed by atoms with Crippen molar-refractivity contribution in [1.29, 1.82) is 0 Å². The molecule has 0 saturated heterocycles. The standard InChI is InChI=1S/C45H78NO8P/c1-6-8-10-12-14-16-18-20-21-22-23-24-25-26-28-29-31-33-35-37-44(47)51-41-43(42-53-55(49,50)52-40-39-46(3,4)5)54-45(48)38-36-34-32-30-27-19-17-15-13-11-9-7-2/h8,10,14,16,20-21,23-24,26,28,31,33,43H,6-7,9,11-13,15,17-19,22,25,27,29-30,32,34-42H2,1-5H3/p+1/b10-8+,16-14+,21-20+,24-23+,28-26+,33-31+/t43-/m0/s1. The topological polar surface area (TPSA) is 108 Å². The zero-order valence-corrected chi connectivity index (χ0v) is 36.3. The molecule has 0 aliphatic carbocycles. The molecule has 1 unspecified atom stereocenters. The Balaban J connectivity index is 4.50.